The predicted molar refractivity (Wildman–Crippen MR) is 77.1 cm³/mol. The predicted octanol–water partition coefficient (Wildman–Crippen LogP) is 3.31. The molecule has 0 amide bonds. The highest BCUT2D eigenvalue weighted by molar-refractivity contribution is 9.10. The monoisotopic (exact) mass is 379 g/mol. The van der Waals surface area contributed by atoms with Crippen LogP contribution in [0.2, 0.25) is 5.02 Å². The van der Waals surface area contributed by atoms with Gasteiger partial charge in [0, 0.05) is 4.47 Å². The molecular weight excluding hydrogens is 373 g/mol. The van der Waals surface area contributed by atoms with E-state index in [1.165, 1.54) is 12.1 Å². The number of halogens is 3. The number of rotatable bonds is 4. The zero-order chi connectivity index (χ0) is 14.9. The van der Waals surface area contributed by atoms with Crippen molar-refractivity contribution in [3.63, 3.8) is 0 Å². The molecule has 0 aliphatic rings. The molecule has 0 bridgehead atoms. The lowest BCUT2D eigenvalue weighted by atomic mass is 10.3. The molecule has 0 atom stereocenters. The number of benzene rings is 1. The van der Waals surface area contributed by atoms with E-state index in [-0.39, 0.29) is 10.8 Å². The number of aryl methyl sites for hydroxylation is 1. The van der Waals surface area contributed by atoms with E-state index < -0.39 is 11.8 Å². The first-order valence-corrected chi connectivity index (χ1v) is 7.47. The van der Waals surface area contributed by atoms with E-state index in [0.717, 1.165) is 11.8 Å². The molecule has 0 spiro atoms. The quantitative estimate of drug-likeness (QED) is 0.824. The molecular formula is C11H8BrClFN3O2S. The maximum Gasteiger partial charge on any atom is 0.313 e. The molecule has 20 heavy (non-hydrogen) atoms. The summed E-state index contributed by atoms with van der Waals surface area (Å²) < 4.78 is 15.3. The standard InChI is InChI=1S/C11H8BrClFN3O2S/c1-5-15-16-11(20-4-9(18)19)17(5)10-7(12)2-6(14)3-8(10)13/h2-3H,4H2,1H3,(H,18,19). The van der Waals surface area contributed by atoms with Crippen LogP contribution in [0.4, 0.5) is 4.39 Å². The van der Waals surface area contributed by atoms with Gasteiger partial charge in [-0.25, -0.2) is 4.39 Å². The smallest absolute Gasteiger partial charge is 0.313 e. The lowest BCUT2D eigenvalue weighted by Crippen LogP contribution is -2.04. The molecule has 1 aromatic heterocycles. The molecule has 2 rings (SSSR count). The largest absolute Gasteiger partial charge is 0.481 e. The Labute approximate surface area is 131 Å². The lowest BCUT2D eigenvalue weighted by molar-refractivity contribution is -0.133. The van der Waals surface area contributed by atoms with Crippen LogP contribution in [0.5, 0.6) is 0 Å². The fourth-order valence-electron chi connectivity index (χ4n) is 1.57. The van der Waals surface area contributed by atoms with Crippen molar-refractivity contribution in [1.82, 2.24) is 14.8 Å². The summed E-state index contributed by atoms with van der Waals surface area (Å²) in [6, 6.07) is 2.44. The van der Waals surface area contributed by atoms with Crippen molar-refractivity contribution in [2.45, 2.75) is 12.1 Å². The van der Waals surface area contributed by atoms with Gasteiger partial charge in [-0.05, 0) is 35.0 Å². The van der Waals surface area contributed by atoms with E-state index >= 15 is 0 Å². The molecule has 0 saturated heterocycles. The average molecular weight is 381 g/mol. The zero-order valence-corrected chi connectivity index (χ0v) is 13.3. The first kappa shape index (κ1) is 15.3. The Morgan fingerprint density at radius 2 is 2.25 bits per heavy atom. The molecule has 9 heteroatoms. The highest BCUT2D eigenvalue weighted by Crippen LogP contribution is 2.33. The minimum absolute atomic E-state index is 0.158. The fraction of sp³-hybridized carbons (Fsp3) is 0.182. The molecule has 106 valence electrons. The van der Waals surface area contributed by atoms with Crippen molar-refractivity contribution in [2.75, 3.05) is 5.75 Å². The van der Waals surface area contributed by atoms with Crippen molar-refractivity contribution < 1.29 is 14.3 Å². The maximum absolute atomic E-state index is 13.3. The molecule has 2 aromatic rings. The molecule has 1 aromatic carbocycles. The zero-order valence-electron chi connectivity index (χ0n) is 10.1. The van der Waals surface area contributed by atoms with Crippen molar-refractivity contribution in [2.24, 2.45) is 0 Å². The first-order valence-electron chi connectivity index (χ1n) is 5.31. The summed E-state index contributed by atoms with van der Waals surface area (Å²) in [4.78, 5) is 10.6. The van der Waals surface area contributed by atoms with E-state index in [1.54, 1.807) is 11.5 Å². The highest BCUT2D eigenvalue weighted by Gasteiger charge is 2.18. The number of hydrogen-bond acceptors (Lipinski definition) is 4. The van der Waals surface area contributed by atoms with E-state index in [2.05, 4.69) is 26.1 Å². The number of carboxylic acid groups (broad SMARTS) is 1. The van der Waals surface area contributed by atoms with Gasteiger partial charge in [0.05, 0.1) is 16.5 Å². The summed E-state index contributed by atoms with van der Waals surface area (Å²) in [5.41, 5.74) is 0.475. The van der Waals surface area contributed by atoms with Crippen LogP contribution in [0, 0.1) is 12.7 Å². The van der Waals surface area contributed by atoms with E-state index in [9.17, 15) is 9.18 Å². The summed E-state index contributed by atoms with van der Waals surface area (Å²) in [7, 11) is 0. The molecule has 0 saturated carbocycles. The second-order valence-corrected chi connectivity index (χ2v) is 5.97. The highest BCUT2D eigenvalue weighted by atomic mass is 79.9. The van der Waals surface area contributed by atoms with Crippen LogP contribution in [0.15, 0.2) is 21.8 Å². The average Bonchev–Trinajstić information content (AvgIpc) is 2.67. The Bertz CT molecular complexity index is 657. The van der Waals surface area contributed by atoms with Crippen LogP contribution >= 0.6 is 39.3 Å². The third-order valence-electron chi connectivity index (χ3n) is 2.33. The molecule has 0 fully saturated rings. The summed E-state index contributed by atoms with van der Waals surface area (Å²) in [5, 5.41) is 17.1. The third-order valence-corrected chi connectivity index (χ3v) is 4.13. The van der Waals surface area contributed by atoms with Crippen LogP contribution in [0.25, 0.3) is 5.69 Å². The van der Waals surface area contributed by atoms with Gasteiger partial charge in [-0.3, -0.25) is 9.36 Å². The minimum atomic E-state index is -0.966. The van der Waals surface area contributed by atoms with E-state index in [0.29, 0.717) is 21.1 Å². The summed E-state index contributed by atoms with van der Waals surface area (Å²) in [6.07, 6.45) is 0. The molecule has 0 unspecified atom stereocenters. The van der Waals surface area contributed by atoms with Gasteiger partial charge >= 0.3 is 5.97 Å². The third kappa shape index (κ3) is 3.13. The normalized spacial score (nSPS) is 10.8. The Hall–Kier alpha value is -1.12. The first-order chi connectivity index (χ1) is 9.40. The van der Waals surface area contributed by atoms with Gasteiger partial charge in [-0.15, -0.1) is 10.2 Å². The Kier molecular flexibility index (Phi) is 4.66. The number of thioether (sulfide) groups is 1. The number of aliphatic carboxylic acids is 1. The molecule has 0 aliphatic heterocycles. The number of carboxylic acids is 1. The van der Waals surface area contributed by atoms with Crippen molar-refractivity contribution in [3.8, 4) is 5.69 Å². The maximum atomic E-state index is 13.3. The Morgan fingerprint density at radius 1 is 1.55 bits per heavy atom. The second-order valence-electron chi connectivity index (χ2n) is 3.77. The Balaban J connectivity index is 2.52. The van der Waals surface area contributed by atoms with E-state index in [4.69, 9.17) is 16.7 Å². The number of carbonyl (C=O) groups is 1. The molecule has 5 nitrogen and oxygen atoms in total. The molecule has 0 radical (unpaired) electrons. The van der Waals surface area contributed by atoms with Gasteiger partial charge < -0.3 is 5.11 Å². The second kappa shape index (κ2) is 6.11. The van der Waals surface area contributed by atoms with Crippen LogP contribution in [-0.2, 0) is 4.79 Å². The molecule has 0 aliphatic carbocycles. The molecule has 1 heterocycles. The summed E-state index contributed by atoms with van der Waals surface area (Å²) in [6.45, 7) is 1.70. The lowest BCUT2D eigenvalue weighted by Gasteiger charge is -2.12. The van der Waals surface area contributed by atoms with Crippen LogP contribution in [0.1, 0.15) is 5.82 Å². The van der Waals surface area contributed by atoms with Gasteiger partial charge in [-0.2, -0.15) is 0 Å². The van der Waals surface area contributed by atoms with Gasteiger partial charge in [-0.1, -0.05) is 23.4 Å². The van der Waals surface area contributed by atoms with Gasteiger partial charge in [0.15, 0.2) is 5.16 Å². The van der Waals surface area contributed by atoms with Gasteiger partial charge in [0.1, 0.15) is 11.6 Å². The van der Waals surface area contributed by atoms with Crippen LogP contribution < -0.4 is 0 Å². The topological polar surface area (TPSA) is 68.0 Å². The van der Waals surface area contributed by atoms with Crippen molar-refractivity contribution in [3.05, 3.63) is 33.3 Å². The van der Waals surface area contributed by atoms with Crippen LogP contribution in [-0.4, -0.2) is 31.6 Å². The van der Waals surface area contributed by atoms with Crippen molar-refractivity contribution in [1.29, 1.82) is 0 Å². The molecule has 1 N–H and O–H groups in total. The van der Waals surface area contributed by atoms with Gasteiger partial charge in [0.25, 0.3) is 0 Å². The fourth-order valence-corrected chi connectivity index (χ4v) is 3.29. The number of aromatic nitrogens is 3. The van der Waals surface area contributed by atoms with Crippen molar-refractivity contribution >= 4 is 45.3 Å². The van der Waals surface area contributed by atoms with Gasteiger partial charge in [0.2, 0.25) is 0 Å². The summed E-state index contributed by atoms with van der Waals surface area (Å²) >= 11 is 10.3. The summed E-state index contributed by atoms with van der Waals surface area (Å²) in [5.74, 6) is -1.08. The SMILES string of the molecule is Cc1nnc(SCC(=O)O)n1-c1c(Cl)cc(F)cc1Br. The Morgan fingerprint density at radius 3 is 2.85 bits per heavy atom. The number of nitrogens with zero attached hydrogens (tertiary/aromatic N) is 3. The minimum Gasteiger partial charge on any atom is -0.481 e. The van der Waals surface area contributed by atoms with E-state index in [1.807, 2.05) is 0 Å². The van der Waals surface area contributed by atoms with Crippen LogP contribution in [0.3, 0.4) is 0 Å². The number of hydrogen-bond donors (Lipinski definition) is 1.